The lowest BCUT2D eigenvalue weighted by Crippen LogP contribution is -2.34. The first-order valence-corrected chi connectivity index (χ1v) is 10.3. The second-order valence-corrected chi connectivity index (χ2v) is 7.58. The molecule has 2 unspecified atom stereocenters. The Balaban J connectivity index is 1.58. The van der Waals surface area contributed by atoms with Crippen LogP contribution >= 0.6 is 11.8 Å². The summed E-state index contributed by atoms with van der Waals surface area (Å²) in [5, 5.41) is 8.28. The van der Waals surface area contributed by atoms with Gasteiger partial charge in [0.25, 0.3) is 0 Å². The topological polar surface area (TPSA) is 96.8 Å². The van der Waals surface area contributed by atoms with E-state index in [9.17, 15) is 14.4 Å². The van der Waals surface area contributed by atoms with Gasteiger partial charge in [0.1, 0.15) is 5.75 Å². The molecule has 1 aromatic rings. The Morgan fingerprint density at radius 2 is 2.00 bits per heavy atom. The first-order chi connectivity index (χ1) is 13.9. The number of nitrogens with one attached hydrogen (secondary N) is 1. The van der Waals surface area contributed by atoms with Gasteiger partial charge in [-0.15, -0.1) is 11.8 Å². The first kappa shape index (κ1) is 20.9. The minimum atomic E-state index is -0.486. The van der Waals surface area contributed by atoms with E-state index in [1.165, 1.54) is 18.9 Å². The van der Waals surface area contributed by atoms with E-state index in [2.05, 4.69) is 4.74 Å². The smallest absolute Gasteiger partial charge is 0.343 e. The third-order valence-corrected chi connectivity index (χ3v) is 5.59. The number of rotatable bonds is 7. The minimum absolute atomic E-state index is 0.0140. The zero-order valence-corrected chi connectivity index (χ0v) is 17.0. The number of benzene rings is 1. The molecule has 1 N–H and O–H groups in total. The molecule has 0 spiro atoms. The highest BCUT2D eigenvalue weighted by Crippen LogP contribution is 2.32. The predicted molar refractivity (Wildman–Crippen MR) is 110 cm³/mol. The summed E-state index contributed by atoms with van der Waals surface area (Å²) in [7, 11) is 1.29. The van der Waals surface area contributed by atoms with Crippen LogP contribution in [0.15, 0.2) is 48.2 Å². The number of carbonyl (C=O) groups excluding carboxylic acids is 3. The van der Waals surface area contributed by atoms with Crippen LogP contribution in [0.1, 0.15) is 10.4 Å². The maximum atomic E-state index is 12.7. The maximum Gasteiger partial charge on any atom is 0.343 e. The summed E-state index contributed by atoms with van der Waals surface area (Å²) >= 11 is 1.27. The van der Waals surface area contributed by atoms with Gasteiger partial charge in [0.2, 0.25) is 0 Å². The van der Waals surface area contributed by atoms with Crippen molar-refractivity contribution in [3.8, 4) is 5.75 Å². The zero-order valence-electron chi connectivity index (χ0n) is 16.2. The van der Waals surface area contributed by atoms with E-state index in [4.69, 9.17) is 10.1 Å². The van der Waals surface area contributed by atoms with E-state index >= 15 is 0 Å². The van der Waals surface area contributed by atoms with Crippen molar-refractivity contribution in [2.45, 2.75) is 0 Å². The molecule has 152 valence electrons. The van der Waals surface area contributed by atoms with Gasteiger partial charge in [-0.2, -0.15) is 0 Å². The second-order valence-electron chi connectivity index (χ2n) is 6.73. The van der Waals surface area contributed by atoms with Crippen molar-refractivity contribution in [3.05, 3.63) is 53.8 Å². The number of ketones is 2. The van der Waals surface area contributed by atoms with Gasteiger partial charge in [-0.25, -0.2) is 4.79 Å². The van der Waals surface area contributed by atoms with Crippen molar-refractivity contribution in [3.63, 3.8) is 0 Å². The average Bonchev–Trinajstić information content (AvgIpc) is 3.15. The third kappa shape index (κ3) is 4.76. The van der Waals surface area contributed by atoms with Gasteiger partial charge >= 0.3 is 5.97 Å². The Morgan fingerprint density at radius 1 is 1.28 bits per heavy atom. The van der Waals surface area contributed by atoms with Gasteiger partial charge in [0, 0.05) is 18.3 Å². The highest BCUT2D eigenvalue weighted by molar-refractivity contribution is 8.13. The number of Topliss-reactive ketones (excluding diaryl/α,β-unsaturated/α-hetero) is 2. The van der Waals surface area contributed by atoms with E-state index in [1.54, 1.807) is 36.6 Å². The molecular formula is C21H22N2O5S. The number of nitrogens with zero attached hydrogens (tertiary/aromatic N) is 1. The number of fused-ring (bicyclic) bond motifs is 1. The molecule has 0 radical (unpaired) electrons. The summed E-state index contributed by atoms with van der Waals surface area (Å²) in [6.45, 7) is 0.417. The van der Waals surface area contributed by atoms with Crippen LogP contribution in [0.5, 0.6) is 5.75 Å². The quantitative estimate of drug-likeness (QED) is 0.317. The van der Waals surface area contributed by atoms with Gasteiger partial charge in [0.15, 0.2) is 18.2 Å². The summed E-state index contributed by atoms with van der Waals surface area (Å²) in [4.78, 5) is 38.2. The third-order valence-electron chi connectivity index (χ3n) is 4.89. The van der Waals surface area contributed by atoms with Crippen molar-refractivity contribution in [1.82, 2.24) is 4.90 Å². The van der Waals surface area contributed by atoms with Crippen LogP contribution in [0.2, 0.25) is 0 Å². The van der Waals surface area contributed by atoms with Crippen LogP contribution in [0, 0.1) is 17.2 Å². The Morgan fingerprint density at radius 3 is 2.66 bits per heavy atom. The summed E-state index contributed by atoms with van der Waals surface area (Å²) < 4.78 is 9.78. The fourth-order valence-corrected chi connectivity index (χ4v) is 3.74. The standard InChI is InChI=1S/C21H22N2O5S/c1-27-19(25)12-28-15-6-3-13(4-7-15)18(24)11-23-9-14-5-8-16(21(22)29-2)20(26)17(14)10-23/h3-9,16-17,22H,10-12H2,1-2H3. The van der Waals surface area contributed by atoms with E-state index in [-0.39, 0.29) is 30.6 Å². The molecule has 0 amide bonds. The largest absolute Gasteiger partial charge is 0.482 e. The number of allylic oxidation sites excluding steroid dienone is 2. The van der Waals surface area contributed by atoms with Crippen LogP contribution in [0.25, 0.3) is 0 Å². The molecule has 1 aromatic carbocycles. The number of carbonyl (C=O) groups is 3. The van der Waals surface area contributed by atoms with Gasteiger partial charge in [-0.05, 0) is 36.1 Å². The molecule has 0 saturated carbocycles. The molecule has 1 heterocycles. The van der Waals surface area contributed by atoms with Crippen molar-refractivity contribution in [1.29, 1.82) is 5.41 Å². The van der Waals surface area contributed by atoms with Crippen LogP contribution in [0.3, 0.4) is 0 Å². The number of ether oxygens (including phenoxy) is 2. The van der Waals surface area contributed by atoms with Crippen molar-refractivity contribution in [2.24, 2.45) is 11.8 Å². The highest BCUT2D eigenvalue weighted by atomic mass is 32.2. The van der Waals surface area contributed by atoms with Crippen molar-refractivity contribution in [2.75, 3.05) is 33.1 Å². The van der Waals surface area contributed by atoms with Crippen LogP contribution in [-0.2, 0) is 14.3 Å². The molecule has 1 aliphatic heterocycles. The fourth-order valence-electron chi connectivity index (χ4n) is 3.29. The zero-order chi connectivity index (χ0) is 21.0. The molecule has 1 aliphatic carbocycles. The summed E-state index contributed by atoms with van der Waals surface area (Å²) in [5.74, 6) is -0.851. The lowest BCUT2D eigenvalue weighted by atomic mass is 9.84. The molecule has 0 bridgehead atoms. The number of methoxy groups -OCH3 is 1. The Labute approximate surface area is 173 Å². The lowest BCUT2D eigenvalue weighted by molar-refractivity contribution is -0.142. The van der Waals surface area contributed by atoms with E-state index in [0.29, 0.717) is 22.9 Å². The molecule has 3 rings (SSSR count). The van der Waals surface area contributed by atoms with Gasteiger partial charge in [-0.3, -0.25) is 15.0 Å². The molecule has 0 saturated heterocycles. The summed E-state index contributed by atoms with van der Waals surface area (Å²) in [5.41, 5.74) is 1.41. The molecule has 2 atom stereocenters. The Bertz CT molecular complexity index is 891. The fraction of sp³-hybridized carbons (Fsp3) is 0.333. The first-order valence-electron chi connectivity index (χ1n) is 9.06. The molecule has 8 heteroatoms. The molecule has 29 heavy (non-hydrogen) atoms. The molecule has 2 aliphatic rings. The highest BCUT2D eigenvalue weighted by Gasteiger charge is 2.37. The molecule has 0 fully saturated rings. The summed E-state index contributed by atoms with van der Waals surface area (Å²) in [6, 6.07) is 6.55. The molecule has 0 aromatic heterocycles. The normalized spacial score (nSPS) is 20.1. The maximum absolute atomic E-state index is 12.7. The van der Waals surface area contributed by atoms with Gasteiger partial charge < -0.3 is 14.4 Å². The van der Waals surface area contributed by atoms with E-state index in [1.807, 2.05) is 17.2 Å². The van der Waals surface area contributed by atoms with Crippen LogP contribution in [-0.4, -0.2) is 60.5 Å². The van der Waals surface area contributed by atoms with Gasteiger partial charge in [0.05, 0.1) is 30.5 Å². The second kappa shape index (κ2) is 9.09. The van der Waals surface area contributed by atoms with Crippen LogP contribution in [0.4, 0.5) is 0 Å². The number of hydrogen-bond donors (Lipinski definition) is 1. The molecule has 7 nitrogen and oxygen atoms in total. The predicted octanol–water partition coefficient (Wildman–Crippen LogP) is 2.33. The number of esters is 1. The summed E-state index contributed by atoms with van der Waals surface area (Å²) in [6.07, 6.45) is 7.30. The van der Waals surface area contributed by atoms with Gasteiger partial charge in [-0.1, -0.05) is 12.2 Å². The van der Waals surface area contributed by atoms with Crippen molar-refractivity contribution >= 4 is 34.3 Å². The minimum Gasteiger partial charge on any atom is -0.482 e. The Hall–Kier alpha value is -2.87. The lowest BCUT2D eigenvalue weighted by Gasteiger charge is -2.23. The van der Waals surface area contributed by atoms with E-state index < -0.39 is 11.9 Å². The Kier molecular flexibility index (Phi) is 6.53. The van der Waals surface area contributed by atoms with Crippen LogP contribution < -0.4 is 4.74 Å². The number of thioether (sulfide) groups is 1. The number of hydrogen-bond acceptors (Lipinski definition) is 8. The average molecular weight is 414 g/mol. The monoisotopic (exact) mass is 414 g/mol. The van der Waals surface area contributed by atoms with E-state index in [0.717, 1.165) is 5.57 Å². The SMILES string of the molecule is COC(=O)COc1ccc(C(=O)CN2C=C3C=CC(C(=N)SC)C(=O)C3C2)cc1. The molecular weight excluding hydrogens is 392 g/mol. The van der Waals surface area contributed by atoms with Crippen molar-refractivity contribution < 1.29 is 23.9 Å².